The van der Waals surface area contributed by atoms with Crippen molar-refractivity contribution >= 4 is 23.4 Å². The van der Waals surface area contributed by atoms with Crippen LogP contribution in [0.5, 0.6) is 0 Å². The Morgan fingerprint density at radius 1 is 1.10 bits per heavy atom. The maximum Gasteiger partial charge on any atom is 0.279 e. The van der Waals surface area contributed by atoms with Crippen LogP contribution in [0.3, 0.4) is 0 Å². The van der Waals surface area contributed by atoms with Gasteiger partial charge in [0.05, 0.1) is 0 Å². The zero-order chi connectivity index (χ0) is 15.2. The van der Waals surface area contributed by atoms with E-state index in [1.807, 2.05) is 6.92 Å². The summed E-state index contributed by atoms with van der Waals surface area (Å²) in [5, 5.41) is 0.546. The number of carbonyl (C=O) groups excluding carboxylic acids is 2. The SMILES string of the molecule is CCCN(C(=O)c1ccc(Cl)cc1)C(=O)c1ccccn1. The highest BCUT2D eigenvalue weighted by Crippen LogP contribution is 2.13. The van der Waals surface area contributed by atoms with Gasteiger partial charge in [-0.15, -0.1) is 0 Å². The number of aromatic nitrogens is 1. The molecule has 0 bridgehead atoms. The molecule has 108 valence electrons. The molecule has 4 nitrogen and oxygen atoms in total. The third kappa shape index (κ3) is 3.67. The highest BCUT2D eigenvalue weighted by atomic mass is 35.5. The predicted molar refractivity (Wildman–Crippen MR) is 81.3 cm³/mol. The van der Waals surface area contributed by atoms with Gasteiger partial charge in [0.1, 0.15) is 5.69 Å². The van der Waals surface area contributed by atoms with Crippen LogP contribution >= 0.6 is 11.6 Å². The summed E-state index contributed by atoms with van der Waals surface area (Å²) in [6, 6.07) is 11.5. The van der Waals surface area contributed by atoms with Gasteiger partial charge in [-0.2, -0.15) is 0 Å². The van der Waals surface area contributed by atoms with Gasteiger partial charge in [-0.1, -0.05) is 24.6 Å². The largest absolute Gasteiger partial charge is 0.279 e. The third-order valence-electron chi connectivity index (χ3n) is 2.91. The van der Waals surface area contributed by atoms with Crippen molar-refractivity contribution in [3.63, 3.8) is 0 Å². The summed E-state index contributed by atoms with van der Waals surface area (Å²) < 4.78 is 0. The molecule has 21 heavy (non-hydrogen) atoms. The Labute approximate surface area is 128 Å². The predicted octanol–water partition coefficient (Wildman–Crippen LogP) is 3.43. The smallest absolute Gasteiger partial charge is 0.273 e. The van der Waals surface area contributed by atoms with Gasteiger partial charge in [-0.05, 0) is 42.8 Å². The number of nitrogens with zero attached hydrogens (tertiary/aromatic N) is 2. The fraction of sp³-hybridized carbons (Fsp3) is 0.188. The molecule has 0 saturated heterocycles. The van der Waals surface area contributed by atoms with Gasteiger partial charge in [-0.3, -0.25) is 19.5 Å². The summed E-state index contributed by atoms with van der Waals surface area (Å²) >= 11 is 5.81. The van der Waals surface area contributed by atoms with Crippen LogP contribution in [0.2, 0.25) is 5.02 Å². The monoisotopic (exact) mass is 302 g/mol. The van der Waals surface area contributed by atoms with E-state index in [0.29, 0.717) is 23.6 Å². The van der Waals surface area contributed by atoms with Gasteiger partial charge in [-0.25, -0.2) is 0 Å². The first-order chi connectivity index (χ1) is 10.1. The van der Waals surface area contributed by atoms with Crippen molar-refractivity contribution in [2.24, 2.45) is 0 Å². The van der Waals surface area contributed by atoms with Crippen LogP contribution in [0.4, 0.5) is 0 Å². The number of imide groups is 1. The minimum Gasteiger partial charge on any atom is -0.273 e. The molecule has 0 atom stereocenters. The van der Waals surface area contributed by atoms with E-state index in [0.717, 1.165) is 0 Å². The fourth-order valence-electron chi connectivity index (χ4n) is 1.89. The molecule has 0 radical (unpaired) electrons. The average Bonchev–Trinajstić information content (AvgIpc) is 2.53. The normalized spacial score (nSPS) is 10.2. The van der Waals surface area contributed by atoms with Crippen molar-refractivity contribution in [1.82, 2.24) is 9.88 Å². The second kappa shape index (κ2) is 6.99. The molecule has 0 aliphatic carbocycles. The summed E-state index contributed by atoms with van der Waals surface area (Å²) in [6.45, 7) is 2.25. The van der Waals surface area contributed by atoms with E-state index in [2.05, 4.69) is 4.98 Å². The lowest BCUT2D eigenvalue weighted by Crippen LogP contribution is -2.38. The number of halogens is 1. The minimum atomic E-state index is -0.391. The Morgan fingerprint density at radius 3 is 2.38 bits per heavy atom. The lowest BCUT2D eigenvalue weighted by Gasteiger charge is -2.19. The van der Waals surface area contributed by atoms with Gasteiger partial charge < -0.3 is 0 Å². The number of hydrogen-bond acceptors (Lipinski definition) is 3. The van der Waals surface area contributed by atoms with Crippen molar-refractivity contribution in [1.29, 1.82) is 0 Å². The standard InChI is InChI=1S/C16H15ClN2O2/c1-2-11-19(16(21)14-5-3-4-10-18-14)15(20)12-6-8-13(17)9-7-12/h3-10H,2,11H2,1H3. The molecule has 1 aromatic heterocycles. The second-order valence-electron chi connectivity index (χ2n) is 4.48. The molecule has 0 spiro atoms. The third-order valence-corrected chi connectivity index (χ3v) is 3.16. The summed E-state index contributed by atoms with van der Waals surface area (Å²) in [5.41, 5.74) is 0.686. The van der Waals surface area contributed by atoms with Gasteiger partial charge >= 0.3 is 0 Å². The highest BCUT2D eigenvalue weighted by molar-refractivity contribution is 6.30. The molecule has 5 heteroatoms. The number of rotatable bonds is 4. The van der Waals surface area contributed by atoms with Crippen LogP contribution in [-0.2, 0) is 0 Å². The average molecular weight is 303 g/mol. The maximum absolute atomic E-state index is 12.5. The molecule has 0 saturated carbocycles. The molecule has 0 aliphatic heterocycles. The molecular weight excluding hydrogens is 288 g/mol. The van der Waals surface area contributed by atoms with E-state index in [1.54, 1.807) is 42.5 Å². The summed E-state index contributed by atoms with van der Waals surface area (Å²) in [4.78, 5) is 30.1. The van der Waals surface area contributed by atoms with Gasteiger partial charge in [0.15, 0.2) is 0 Å². The van der Waals surface area contributed by atoms with Crippen LogP contribution in [0.1, 0.15) is 34.2 Å². The number of carbonyl (C=O) groups is 2. The zero-order valence-corrected chi connectivity index (χ0v) is 12.4. The van der Waals surface area contributed by atoms with Crippen LogP contribution in [0.15, 0.2) is 48.7 Å². The van der Waals surface area contributed by atoms with E-state index in [4.69, 9.17) is 11.6 Å². The molecule has 1 heterocycles. The Hall–Kier alpha value is -2.20. The molecule has 2 rings (SSSR count). The van der Waals surface area contributed by atoms with Crippen molar-refractivity contribution in [3.8, 4) is 0 Å². The highest BCUT2D eigenvalue weighted by Gasteiger charge is 2.23. The number of benzene rings is 1. The molecule has 0 aliphatic rings. The van der Waals surface area contributed by atoms with Crippen molar-refractivity contribution < 1.29 is 9.59 Å². The molecule has 0 fully saturated rings. The molecule has 0 N–H and O–H groups in total. The summed E-state index contributed by atoms with van der Waals surface area (Å²) in [7, 11) is 0. The van der Waals surface area contributed by atoms with E-state index >= 15 is 0 Å². The molecular formula is C16H15ClN2O2. The number of hydrogen-bond donors (Lipinski definition) is 0. The number of pyridine rings is 1. The summed E-state index contributed by atoms with van der Waals surface area (Å²) in [5.74, 6) is -0.735. The van der Waals surface area contributed by atoms with E-state index in [-0.39, 0.29) is 11.6 Å². The Bertz CT molecular complexity index is 626. The first kappa shape index (κ1) is 15.2. The topological polar surface area (TPSA) is 50.3 Å². The van der Waals surface area contributed by atoms with Crippen LogP contribution in [-0.4, -0.2) is 28.2 Å². The Kier molecular flexibility index (Phi) is 5.06. The molecule has 1 aromatic carbocycles. The molecule has 2 aromatic rings. The number of amides is 2. The van der Waals surface area contributed by atoms with Gasteiger partial charge in [0.2, 0.25) is 0 Å². The van der Waals surface area contributed by atoms with Crippen LogP contribution in [0, 0.1) is 0 Å². The maximum atomic E-state index is 12.5. The van der Waals surface area contributed by atoms with Gasteiger partial charge in [0.25, 0.3) is 11.8 Å². The quantitative estimate of drug-likeness (QED) is 0.813. The van der Waals surface area contributed by atoms with E-state index < -0.39 is 5.91 Å². The Balaban J connectivity index is 2.28. The second-order valence-corrected chi connectivity index (χ2v) is 4.92. The zero-order valence-electron chi connectivity index (χ0n) is 11.6. The van der Waals surface area contributed by atoms with Crippen molar-refractivity contribution in [2.45, 2.75) is 13.3 Å². The minimum absolute atomic E-state index is 0.258. The van der Waals surface area contributed by atoms with Crippen molar-refractivity contribution in [2.75, 3.05) is 6.54 Å². The Morgan fingerprint density at radius 2 is 1.81 bits per heavy atom. The van der Waals surface area contributed by atoms with E-state index in [9.17, 15) is 9.59 Å². The van der Waals surface area contributed by atoms with Crippen molar-refractivity contribution in [3.05, 3.63) is 64.9 Å². The lowest BCUT2D eigenvalue weighted by molar-refractivity contribution is 0.0612. The first-order valence-corrected chi connectivity index (χ1v) is 7.04. The first-order valence-electron chi connectivity index (χ1n) is 6.66. The van der Waals surface area contributed by atoms with Crippen LogP contribution < -0.4 is 0 Å². The van der Waals surface area contributed by atoms with E-state index in [1.165, 1.54) is 11.1 Å². The van der Waals surface area contributed by atoms with Gasteiger partial charge in [0, 0.05) is 23.3 Å². The lowest BCUT2D eigenvalue weighted by atomic mass is 10.2. The fourth-order valence-corrected chi connectivity index (χ4v) is 2.02. The summed E-state index contributed by atoms with van der Waals surface area (Å²) in [6.07, 6.45) is 2.21. The molecule has 0 unspecified atom stereocenters. The van der Waals surface area contributed by atoms with Crippen LogP contribution in [0.25, 0.3) is 0 Å². The molecule has 2 amide bonds.